The number of aromatic nitrogens is 3. The number of carbonyl (C=O) groups excluding carboxylic acids is 1. The molecule has 22 heavy (non-hydrogen) atoms. The van der Waals surface area contributed by atoms with Crippen LogP contribution in [0.15, 0.2) is 41.9 Å². The van der Waals surface area contributed by atoms with Gasteiger partial charge in [-0.1, -0.05) is 19.1 Å². The molecule has 0 saturated carbocycles. The van der Waals surface area contributed by atoms with Crippen LogP contribution in [0.3, 0.4) is 0 Å². The first-order valence-corrected chi connectivity index (χ1v) is 6.92. The molecule has 0 saturated heterocycles. The van der Waals surface area contributed by atoms with Crippen molar-refractivity contribution in [3.05, 3.63) is 47.4 Å². The zero-order valence-electron chi connectivity index (χ0n) is 12.3. The fourth-order valence-corrected chi connectivity index (χ4v) is 2.64. The first-order valence-electron chi connectivity index (χ1n) is 6.92. The van der Waals surface area contributed by atoms with Crippen molar-refractivity contribution in [3.63, 3.8) is 0 Å². The molecule has 2 heterocycles. The summed E-state index contributed by atoms with van der Waals surface area (Å²) in [6, 6.07) is 6.25. The standard InChI is InChI=1S/C15H16N4O3/c1-3-11-12(14(21)22-2)13(9-5-4-6-10(20)7-9)19-15(18-11)16-8-17-19/h4-8,13,20H,3H2,1-2H3,(H,16,17,18). The predicted octanol–water partition coefficient (Wildman–Crippen LogP) is 1.84. The Balaban J connectivity index is 2.22. The van der Waals surface area contributed by atoms with Gasteiger partial charge in [0.2, 0.25) is 5.95 Å². The number of phenols is 1. The zero-order chi connectivity index (χ0) is 15.7. The molecule has 7 heteroatoms. The molecule has 7 nitrogen and oxygen atoms in total. The molecule has 114 valence electrons. The van der Waals surface area contributed by atoms with Gasteiger partial charge in [0.15, 0.2) is 0 Å². The minimum atomic E-state index is -0.492. The summed E-state index contributed by atoms with van der Waals surface area (Å²) in [6.45, 7) is 1.94. The number of carbonyl (C=O) groups is 1. The van der Waals surface area contributed by atoms with Gasteiger partial charge in [0.25, 0.3) is 0 Å². The van der Waals surface area contributed by atoms with Gasteiger partial charge in [-0.2, -0.15) is 10.1 Å². The summed E-state index contributed by atoms with van der Waals surface area (Å²) in [5, 5.41) is 17.1. The summed E-state index contributed by atoms with van der Waals surface area (Å²) < 4.78 is 6.55. The lowest BCUT2D eigenvalue weighted by Crippen LogP contribution is -2.29. The fraction of sp³-hybridized carbons (Fsp3) is 0.267. The number of hydrogen-bond acceptors (Lipinski definition) is 6. The van der Waals surface area contributed by atoms with Crippen molar-refractivity contribution in [1.29, 1.82) is 0 Å². The third-order valence-corrected chi connectivity index (χ3v) is 3.62. The fourth-order valence-electron chi connectivity index (χ4n) is 2.64. The third-order valence-electron chi connectivity index (χ3n) is 3.62. The van der Waals surface area contributed by atoms with Gasteiger partial charge in [0.05, 0.1) is 12.7 Å². The highest BCUT2D eigenvalue weighted by Crippen LogP contribution is 2.36. The normalized spacial score (nSPS) is 16.9. The molecule has 0 spiro atoms. The van der Waals surface area contributed by atoms with E-state index in [1.54, 1.807) is 22.9 Å². The molecular weight excluding hydrogens is 284 g/mol. The molecule has 0 fully saturated rings. The molecule has 0 aliphatic carbocycles. The Kier molecular flexibility index (Phi) is 3.54. The summed E-state index contributed by atoms with van der Waals surface area (Å²) in [7, 11) is 1.35. The van der Waals surface area contributed by atoms with Gasteiger partial charge in [-0.25, -0.2) is 9.48 Å². The highest BCUT2D eigenvalue weighted by molar-refractivity contribution is 5.92. The molecule has 3 rings (SSSR count). The lowest BCUT2D eigenvalue weighted by molar-refractivity contribution is -0.136. The second-order valence-corrected chi connectivity index (χ2v) is 4.89. The van der Waals surface area contributed by atoms with Crippen LogP contribution in [0.1, 0.15) is 24.9 Å². The van der Waals surface area contributed by atoms with E-state index in [4.69, 9.17) is 4.74 Å². The van der Waals surface area contributed by atoms with Crippen LogP contribution in [-0.4, -0.2) is 33.0 Å². The lowest BCUT2D eigenvalue weighted by Gasteiger charge is -2.28. The van der Waals surface area contributed by atoms with Crippen molar-refractivity contribution in [2.75, 3.05) is 12.4 Å². The Morgan fingerprint density at radius 3 is 3.00 bits per heavy atom. The predicted molar refractivity (Wildman–Crippen MR) is 79.2 cm³/mol. The molecule has 1 aliphatic rings. The minimum absolute atomic E-state index is 0.125. The van der Waals surface area contributed by atoms with Crippen LogP contribution >= 0.6 is 0 Å². The number of methoxy groups -OCH3 is 1. The van der Waals surface area contributed by atoms with Gasteiger partial charge in [0.1, 0.15) is 18.1 Å². The molecule has 1 aliphatic heterocycles. The lowest BCUT2D eigenvalue weighted by atomic mass is 9.94. The van der Waals surface area contributed by atoms with Crippen molar-refractivity contribution < 1.29 is 14.6 Å². The first kappa shape index (κ1) is 14.1. The number of hydrogen-bond donors (Lipinski definition) is 2. The molecule has 2 N–H and O–H groups in total. The number of anilines is 1. The van der Waals surface area contributed by atoms with Gasteiger partial charge in [-0.3, -0.25) is 0 Å². The Morgan fingerprint density at radius 2 is 2.32 bits per heavy atom. The van der Waals surface area contributed by atoms with E-state index in [0.717, 1.165) is 11.3 Å². The van der Waals surface area contributed by atoms with Gasteiger partial charge in [0, 0.05) is 5.70 Å². The van der Waals surface area contributed by atoms with Gasteiger partial charge in [-0.05, 0) is 24.1 Å². The van der Waals surface area contributed by atoms with Crippen molar-refractivity contribution >= 4 is 11.9 Å². The van der Waals surface area contributed by atoms with E-state index in [2.05, 4.69) is 15.4 Å². The monoisotopic (exact) mass is 300 g/mol. The van der Waals surface area contributed by atoms with E-state index in [0.29, 0.717) is 17.9 Å². The van der Waals surface area contributed by atoms with Gasteiger partial charge in [-0.15, -0.1) is 0 Å². The third kappa shape index (κ3) is 2.20. The maximum atomic E-state index is 12.3. The number of allylic oxidation sites excluding steroid dienone is 1. The van der Waals surface area contributed by atoms with Crippen LogP contribution in [0, 0.1) is 0 Å². The quantitative estimate of drug-likeness (QED) is 0.841. The molecule has 2 aromatic rings. The molecule has 0 amide bonds. The van der Waals surface area contributed by atoms with Crippen molar-refractivity contribution in [3.8, 4) is 5.75 Å². The number of phenolic OH excluding ortho intramolecular Hbond substituents is 1. The number of ether oxygens (including phenoxy) is 1. The van der Waals surface area contributed by atoms with Crippen molar-refractivity contribution in [2.24, 2.45) is 0 Å². The molecule has 1 unspecified atom stereocenters. The number of nitrogens with one attached hydrogen (secondary N) is 1. The maximum absolute atomic E-state index is 12.3. The Labute approximate surface area is 127 Å². The Morgan fingerprint density at radius 1 is 1.50 bits per heavy atom. The zero-order valence-corrected chi connectivity index (χ0v) is 12.3. The van der Waals surface area contributed by atoms with Crippen LogP contribution in [0.4, 0.5) is 5.95 Å². The second kappa shape index (κ2) is 5.51. The van der Waals surface area contributed by atoms with Crippen molar-refractivity contribution in [2.45, 2.75) is 19.4 Å². The molecule has 0 radical (unpaired) electrons. The van der Waals surface area contributed by atoms with Crippen LogP contribution in [0.5, 0.6) is 5.75 Å². The second-order valence-electron chi connectivity index (χ2n) is 4.89. The SMILES string of the molecule is CCC1=C(C(=O)OC)C(c2cccc(O)c2)n2ncnc2N1. The maximum Gasteiger partial charge on any atom is 0.338 e. The van der Waals surface area contributed by atoms with Crippen LogP contribution in [0.25, 0.3) is 0 Å². The first-order chi connectivity index (χ1) is 10.7. The summed E-state index contributed by atoms with van der Waals surface area (Å²) in [4.78, 5) is 16.5. The van der Waals surface area contributed by atoms with Crippen molar-refractivity contribution in [1.82, 2.24) is 14.8 Å². The van der Waals surface area contributed by atoms with Gasteiger partial charge >= 0.3 is 5.97 Å². The topological polar surface area (TPSA) is 89.3 Å². The number of aromatic hydroxyl groups is 1. The summed E-state index contributed by atoms with van der Waals surface area (Å²) >= 11 is 0. The molecule has 1 aromatic carbocycles. The van der Waals surface area contributed by atoms with E-state index >= 15 is 0 Å². The Bertz CT molecular complexity index is 751. The van der Waals surface area contributed by atoms with Gasteiger partial charge < -0.3 is 15.2 Å². The molecule has 1 aromatic heterocycles. The largest absolute Gasteiger partial charge is 0.508 e. The summed E-state index contributed by atoms with van der Waals surface area (Å²) in [5.41, 5.74) is 1.94. The van der Waals surface area contributed by atoms with Crippen LogP contribution in [-0.2, 0) is 9.53 Å². The summed E-state index contributed by atoms with van der Waals surface area (Å²) in [5.74, 6) is 0.247. The highest BCUT2D eigenvalue weighted by atomic mass is 16.5. The minimum Gasteiger partial charge on any atom is -0.508 e. The molecular formula is C15H16N4O3. The van der Waals surface area contributed by atoms with E-state index in [1.165, 1.54) is 13.4 Å². The Hall–Kier alpha value is -2.83. The van der Waals surface area contributed by atoms with E-state index in [1.807, 2.05) is 13.0 Å². The summed E-state index contributed by atoms with van der Waals surface area (Å²) in [6.07, 6.45) is 2.04. The number of esters is 1. The average molecular weight is 300 g/mol. The van der Waals surface area contributed by atoms with Crippen LogP contribution in [0.2, 0.25) is 0 Å². The molecule has 1 atom stereocenters. The number of fused-ring (bicyclic) bond motifs is 1. The molecule has 0 bridgehead atoms. The smallest absolute Gasteiger partial charge is 0.338 e. The number of rotatable bonds is 3. The van der Waals surface area contributed by atoms with Crippen LogP contribution < -0.4 is 5.32 Å². The number of nitrogens with zero attached hydrogens (tertiary/aromatic N) is 3. The number of benzene rings is 1. The van der Waals surface area contributed by atoms with E-state index < -0.39 is 12.0 Å². The van der Waals surface area contributed by atoms with E-state index in [-0.39, 0.29) is 5.75 Å². The average Bonchev–Trinajstić information content (AvgIpc) is 3.00. The highest BCUT2D eigenvalue weighted by Gasteiger charge is 2.34. The van der Waals surface area contributed by atoms with E-state index in [9.17, 15) is 9.90 Å².